The van der Waals surface area contributed by atoms with Crippen molar-refractivity contribution in [2.24, 2.45) is 0 Å². The van der Waals surface area contributed by atoms with Crippen LogP contribution in [0.2, 0.25) is 0 Å². The van der Waals surface area contributed by atoms with Crippen LogP contribution in [0.15, 0.2) is 75.7 Å². The Bertz CT molecular complexity index is 867. The average Bonchev–Trinajstić information content (AvgIpc) is 2.55. The van der Waals surface area contributed by atoms with E-state index in [1.165, 1.54) is 0 Å². The third-order valence-corrected chi connectivity index (χ3v) is 4.66. The Morgan fingerprint density at radius 1 is 0.864 bits per heavy atom. The molecule has 0 fully saturated rings. The van der Waals surface area contributed by atoms with Crippen molar-refractivity contribution in [3.05, 3.63) is 86.8 Å². The molecule has 3 aromatic carbocycles. The SMILES string of the molecule is O=C(C(Br)=Cc1ccccc1)c1c(Br)ccc2ccccc12. The summed E-state index contributed by atoms with van der Waals surface area (Å²) in [6, 6.07) is 21.6. The van der Waals surface area contributed by atoms with Crippen LogP contribution in [0.1, 0.15) is 15.9 Å². The van der Waals surface area contributed by atoms with Gasteiger partial charge in [-0.2, -0.15) is 0 Å². The maximum atomic E-state index is 12.8. The number of benzene rings is 3. The van der Waals surface area contributed by atoms with Gasteiger partial charge in [0.15, 0.2) is 0 Å². The molecule has 0 aliphatic heterocycles. The molecule has 0 N–H and O–H groups in total. The minimum atomic E-state index is -0.0347. The van der Waals surface area contributed by atoms with Crippen LogP contribution >= 0.6 is 31.9 Å². The third kappa shape index (κ3) is 3.06. The molecule has 0 aliphatic carbocycles. The van der Waals surface area contributed by atoms with Crippen molar-refractivity contribution in [2.45, 2.75) is 0 Å². The largest absolute Gasteiger partial charge is 0.288 e. The van der Waals surface area contributed by atoms with Crippen LogP contribution in [-0.4, -0.2) is 5.78 Å². The molecule has 0 heterocycles. The van der Waals surface area contributed by atoms with Gasteiger partial charge in [0.05, 0.1) is 4.48 Å². The number of Topliss-reactive ketones (excluding diaryl/α,β-unsaturated/α-hetero) is 1. The number of rotatable bonds is 3. The standard InChI is InChI=1S/C19H12Br2O/c20-16-11-10-14-8-4-5-9-15(14)18(16)19(22)17(21)12-13-6-2-1-3-7-13/h1-12H. The van der Waals surface area contributed by atoms with E-state index in [2.05, 4.69) is 31.9 Å². The van der Waals surface area contributed by atoms with Crippen molar-refractivity contribution in [1.82, 2.24) is 0 Å². The van der Waals surface area contributed by atoms with E-state index in [0.29, 0.717) is 10.0 Å². The van der Waals surface area contributed by atoms with Crippen molar-refractivity contribution in [2.75, 3.05) is 0 Å². The van der Waals surface area contributed by atoms with E-state index in [4.69, 9.17) is 0 Å². The summed E-state index contributed by atoms with van der Waals surface area (Å²) in [6.45, 7) is 0. The fraction of sp³-hybridized carbons (Fsp3) is 0. The zero-order chi connectivity index (χ0) is 15.5. The lowest BCUT2D eigenvalue weighted by Gasteiger charge is -2.08. The normalized spacial score (nSPS) is 11.6. The average molecular weight is 416 g/mol. The molecule has 3 aromatic rings. The second-order valence-corrected chi connectivity index (χ2v) is 6.58. The van der Waals surface area contributed by atoms with Gasteiger partial charge in [0.2, 0.25) is 5.78 Å². The number of carbonyl (C=O) groups is 1. The summed E-state index contributed by atoms with van der Waals surface area (Å²) < 4.78 is 1.34. The molecule has 0 saturated heterocycles. The maximum absolute atomic E-state index is 12.8. The molecule has 0 aromatic heterocycles. The first-order valence-corrected chi connectivity index (χ1v) is 8.39. The number of hydrogen-bond donors (Lipinski definition) is 0. The van der Waals surface area contributed by atoms with Crippen molar-refractivity contribution < 1.29 is 4.79 Å². The molecule has 0 unspecified atom stereocenters. The van der Waals surface area contributed by atoms with Gasteiger partial charge in [-0.15, -0.1) is 0 Å². The lowest BCUT2D eigenvalue weighted by Crippen LogP contribution is -2.01. The molecule has 0 aliphatic rings. The molecule has 3 heteroatoms. The van der Waals surface area contributed by atoms with Crippen molar-refractivity contribution in [3.8, 4) is 0 Å². The highest BCUT2D eigenvalue weighted by atomic mass is 79.9. The van der Waals surface area contributed by atoms with Crippen molar-refractivity contribution >= 4 is 54.5 Å². The second kappa shape index (κ2) is 6.59. The van der Waals surface area contributed by atoms with Gasteiger partial charge in [0.25, 0.3) is 0 Å². The van der Waals surface area contributed by atoms with Crippen LogP contribution in [0.25, 0.3) is 16.8 Å². The van der Waals surface area contributed by atoms with Crippen molar-refractivity contribution in [1.29, 1.82) is 0 Å². The third-order valence-electron chi connectivity index (χ3n) is 3.42. The first-order chi connectivity index (χ1) is 10.7. The lowest BCUT2D eigenvalue weighted by molar-refractivity contribution is 0.104. The summed E-state index contributed by atoms with van der Waals surface area (Å²) in [7, 11) is 0. The van der Waals surface area contributed by atoms with E-state index < -0.39 is 0 Å². The summed E-state index contributed by atoms with van der Waals surface area (Å²) in [6.07, 6.45) is 1.84. The molecule has 0 amide bonds. The van der Waals surface area contributed by atoms with E-state index in [1.54, 1.807) is 0 Å². The van der Waals surface area contributed by atoms with E-state index in [0.717, 1.165) is 20.8 Å². The van der Waals surface area contributed by atoms with Crippen LogP contribution in [-0.2, 0) is 0 Å². The molecule has 0 atom stereocenters. The Labute approximate surface area is 145 Å². The van der Waals surface area contributed by atoms with Crippen LogP contribution in [0.5, 0.6) is 0 Å². The molecule has 0 spiro atoms. The predicted molar refractivity (Wildman–Crippen MR) is 99.3 cm³/mol. The summed E-state index contributed by atoms with van der Waals surface area (Å²) in [5.74, 6) is -0.0347. The van der Waals surface area contributed by atoms with Gasteiger partial charge < -0.3 is 0 Å². The highest BCUT2D eigenvalue weighted by Crippen LogP contribution is 2.30. The van der Waals surface area contributed by atoms with E-state index in [1.807, 2.05) is 72.8 Å². The first-order valence-electron chi connectivity index (χ1n) is 6.81. The topological polar surface area (TPSA) is 17.1 Å². The van der Waals surface area contributed by atoms with E-state index in [9.17, 15) is 4.79 Å². The Hall–Kier alpha value is -1.71. The van der Waals surface area contributed by atoms with Gasteiger partial charge in [-0.3, -0.25) is 4.79 Å². The predicted octanol–water partition coefficient (Wildman–Crippen LogP) is 6.22. The molecule has 108 valence electrons. The van der Waals surface area contributed by atoms with Crippen LogP contribution in [0.3, 0.4) is 0 Å². The number of carbonyl (C=O) groups excluding carboxylic acids is 1. The Kier molecular flexibility index (Phi) is 4.55. The highest BCUT2D eigenvalue weighted by molar-refractivity contribution is 9.12. The molecular weight excluding hydrogens is 404 g/mol. The number of ketones is 1. The number of fused-ring (bicyclic) bond motifs is 1. The molecular formula is C19H12Br2O. The zero-order valence-electron chi connectivity index (χ0n) is 11.6. The number of hydrogen-bond acceptors (Lipinski definition) is 1. The molecule has 0 saturated carbocycles. The fourth-order valence-corrected chi connectivity index (χ4v) is 3.34. The minimum Gasteiger partial charge on any atom is -0.288 e. The number of allylic oxidation sites excluding steroid dienone is 1. The van der Waals surface area contributed by atoms with Gasteiger partial charge in [-0.05, 0) is 44.4 Å². The fourth-order valence-electron chi connectivity index (χ4n) is 2.36. The first kappa shape index (κ1) is 15.2. The van der Waals surface area contributed by atoms with Gasteiger partial charge in [0, 0.05) is 10.0 Å². The molecule has 1 nitrogen and oxygen atoms in total. The summed E-state index contributed by atoms with van der Waals surface area (Å²) in [5, 5.41) is 1.99. The summed E-state index contributed by atoms with van der Waals surface area (Å²) >= 11 is 6.93. The molecule has 0 radical (unpaired) electrons. The monoisotopic (exact) mass is 414 g/mol. The zero-order valence-corrected chi connectivity index (χ0v) is 14.8. The van der Waals surface area contributed by atoms with Crippen LogP contribution in [0, 0.1) is 0 Å². The molecule has 3 rings (SSSR count). The van der Waals surface area contributed by atoms with Gasteiger partial charge >= 0.3 is 0 Å². The quantitative estimate of drug-likeness (QED) is 0.366. The Morgan fingerprint density at radius 2 is 1.55 bits per heavy atom. The van der Waals surface area contributed by atoms with Crippen LogP contribution < -0.4 is 0 Å². The molecule has 0 bridgehead atoms. The Balaban J connectivity index is 2.09. The van der Waals surface area contributed by atoms with Crippen LogP contribution in [0.4, 0.5) is 0 Å². The van der Waals surface area contributed by atoms with E-state index >= 15 is 0 Å². The lowest BCUT2D eigenvalue weighted by atomic mass is 10.0. The highest BCUT2D eigenvalue weighted by Gasteiger charge is 2.16. The molecule has 22 heavy (non-hydrogen) atoms. The number of halogens is 2. The van der Waals surface area contributed by atoms with Gasteiger partial charge in [-0.25, -0.2) is 0 Å². The van der Waals surface area contributed by atoms with Gasteiger partial charge in [-0.1, -0.05) is 76.6 Å². The summed E-state index contributed by atoms with van der Waals surface area (Å²) in [5.41, 5.74) is 1.66. The van der Waals surface area contributed by atoms with E-state index in [-0.39, 0.29) is 5.78 Å². The van der Waals surface area contributed by atoms with Gasteiger partial charge in [0.1, 0.15) is 0 Å². The second-order valence-electron chi connectivity index (χ2n) is 4.88. The minimum absolute atomic E-state index is 0.0347. The smallest absolute Gasteiger partial charge is 0.201 e. The Morgan fingerprint density at radius 3 is 2.32 bits per heavy atom. The maximum Gasteiger partial charge on any atom is 0.201 e. The summed E-state index contributed by atoms with van der Waals surface area (Å²) in [4.78, 5) is 12.8. The van der Waals surface area contributed by atoms with Crippen molar-refractivity contribution in [3.63, 3.8) is 0 Å².